The number of hydrogen-bond acceptors (Lipinski definition) is 3. The van der Waals surface area contributed by atoms with E-state index in [-0.39, 0.29) is 23.8 Å². The molecule has 2 amide bonds. The molecule has 0 radical (unpaired) electrons. The molecule has 0 aliphatic heterocycles. The maximum Gasteiger partial charge on any atom is 0.251 e. The Labute approximate surface area is 156 Å². The lowest BCUT2D eigenvalue weighted by Crippen LogP contribution is -2.46. The third-order valence-electron chi connectivity index (χ3n) is 5.07. The fourth-order valence-electron chi connectivity index (χ4n) is 3.54. The summed E-state index contributed by atoms with van der Waals surface area (Å²) in [6.07, 6.45) is 8.44. The van der Waals surface area contributed by atoms with E-state index in [0.29, 0.717) is 18.4 Å². The monoisotopic (exact) mass is 360 g/mol. The third-order valence-corrected chi connectivity index (χ3v) is 5.07. The molecule has 5 heteroatoms. The van der Waals surface area contributed by atoms with Crippen LogP contribution in [0, 0.1) is 5.92 Å². The average molecular weight is 360 g/mol. The van der Waals surface area contributed by atoms with Crippen LogP contribution < -0.4 is 11.1 Å². The van der Waals surface area contributed by atoms with E-state index < -0.39 is 0 Å². The van der Waals surface area contributed by atoms with Gasteiger partial charge in [-0.3, -0.25) is 9.59 Å². The van der Waals surface area contributed by atoms with Gasteiger partial charge in [-0.05, 0) is 53.4 Å². The van der Waals surface area contributed by atoms with E-state index in [1.54, 1.807) is 18.6 Å². The lowest BCUT2D eigenvalue weighted by Gasteiger charge is -2.27. The molecule has 0 fully saturated rings. The fraction of sp³-hybridized carbons (Fsp3) is 0.182. The van der Waals surface area contributed by atoms with Crippen molar-refractivity contribution in [2.45, 2.75) is 18.9 Å². The Hall–Kier alpha value is -3.34. The van der Waals surface area contributed by atoms with Gasteiger partial charge in [0.25, 0.3) is 5.91 Å². The third kappa shape index (κ3) is 3.49. The largest absolute Gasteiger partial charge is 0.472 e. The van der Waals surface area contributed by atoms with E-state index in [2.05, 4.69) is 11.4 Å². The quantitative estimate of drug-likeness (QED) is 0.697. The molecule has 1 aromatic heterocycles. The Bertz CT molecular complexity index is 1020. The van der Waals surface area contributed by atoms with E-state index in [1.165, 1.54) is 0 Å². The number of carbonyl (C=O) groups excluding carboxylic acids is 2. The predicted molar refractivity (Wildman–Crippen MR) is 104 cm³/mol. The van der Waals surface area contributed by atoms with Gasteiger partial charge in [0.05, 0.1) is 18.4 Å². The number of furan rings is 1. The normalized spacial score (nSPS) is 19.1. The minimum absolute atomic E-state index is 0.192. The first kappa shape index (κ1) is 17.1. The molecule has 0 spiro atoms. The van der Waals surface area contributed by atoms with Gasteiger partial charge in [0.2, 0.25) is 5.91 Å². The Balaban J connectivity index is 1.56. The molecule has 0 bridgehead atoms. The molecular formula is C22H20N2O3. The average Bonchev–Trinajstić information content (AvgIpc) is 3.22. The van der Waals surface area contributed by atoms with Crippen LogP contribution in [0.4, 0.5) is 0 Å². The minimum Gasteiger partial charge on any atom is -0.472 e. The molecule has 0 unspecified atom stereocenters. The molecule has 2 atom stereocenters. The smallest absolute Gasteiger partial charge is 0.251 e. The summed E-state index contributed by atoms with van der Waals surface area (Å²) < 4.78 is 5.14. The van der Waals surface area contributed by atoms with Crippen molar-refractivity contribution in [2.75, 3.05) is 0 Å². The minimum atomic E-state index is -0.380. The number of nitrogens with one attached hydrogen (secondary N) is 1. The highest BCUT2D eigenvalue weighted by Gasteiger charge is 2.28. The lowest BCUT2D eigenvalue weighted by atomic mass is 9.88. The van der Waals surface area contributed by atoms with Crippen molar-refractivity contribution in [1.29, 1.82) is 0 Å². The molecule has 27 heavy (non-hydrogen) atoms. The second kappa shape index (κ2) is 7.11. The predicted octanol–water partition coefficient (Wildman–Crippen LogP) is 3.65. The summed E-state index contributed by atoms with van der Waals surface area (Å²) in [5.41, 5.74) is 8.11. The van der Waals surface area contributed by atoms with Crippen molar-refractivity contribution in [3.63, 3.8) is 0 Å². The Morgan fingerprint density at radius 1 is 0.963 bits per heavy atom. The number of carbonyl (C=O) groups is 2. The molecule has 1 aliphatic carbocycles. The van der Waals surface area contributed by atoms with E-state index >= 15 is 0 Å². The Kier molecular flexibility index (Phi) is 4.50. The summed E-state index contributed by atoms with van der Waals surface area (Å²) in [5.74, 6) is -0.936. The number of benzene rings is 2. The van der Waals surface area contributed by atoms with Crippen molar-refractivity contribution in [1.82, 2.24) is 5.32 Å². The molecule has 4 rings (SSSR count). The van der Waals surface area contributed by atoms with Gasteiger partial charge in [0.15, 0.2) is 0 Å². The summed E-state index contributed by atoms with van der Waals surface area (Å²) in [7, 11) is 0. The second-order valence-corrected chi connectivity index (χ2v) is 6.82. The number of fused-ring (bicyclic) bond motifs is 1. The van der Waals surface area contributed by atoms with Crippen LogP contribution in [0.2, 0.25) is 0 Å². The van der Waals surface area contributed by atoms with Gasteiger partial charge < -0.3 is 15.5 Å². The van der Waals surface area contributed by atoms with Gasteiger partial charge in [-0.1, -0.05) is 30.4 Å². The molecule has 5 nitrogen and oxygen atoms in total. The van der Waals surface area contributed by atoms with Crippen molar-refractivity contribution >= 4 is 22.6 Å². The van der Waals surface area contributed by atoms with Crippen molar-refractivity contribution in [3.8, 4) is 11.1 Å². The zero-order valence-corrected chi connectivity index (χ0v) is 14.7. The van der Waals surface area contributed by atoms with Gasteiger partial charge in [-0.15, -0.1) is 0 Å². The summed E-state index contributed by atoms with van der Waals surface area (Å²) in [6.45, 7) is 0. The molecule has 0 saturated heterocycles. The van der Waals surface area contributed by atoms with Crippen LogP contribution in [0.25, 0.3) is 21.9 Å². The lowest BCUT2D eigenvalue weighted by molar-refractivity contribution is -0.122. The highest BCUT2D eigenvalue weighted by atomic mass is 16.3. The number of primary amides is 1. The zero-order chi connectivity index (χ0) is 18.8. The van der Waals surface area contributed by atoms with Gasteiger partial charge in [0, 0.05) is 17.2 Å². The molecule has 1 heterocycles. The summed E-state index contributed by atoms with van der Waals surface area (Å²) in [4.78, 5) is 24.3. The van der Waals surface area contributed by atoms with Gasteiger partial charge in [0.1, 0.15) is 0 Å². The summed E-state index contributed by atoms with van der Waals surface area (Å²) >= 11 is 0. The molecule has 136 valence electrons. The van der Waals surface area contributed by atoms with Crippen LogP contribution in [0.5, 0.6) is 0 Å². The van der Waals surface area contributed by atoms with E-state index in [4.69, 9.17) is 10.2 Å². The highest BCUT2D eigenvalue weighted by molar-refractivity contribution is 5.99. The number of allylic oxidation sites excluding steroid dienone is 1. The molecule has 1 aliphatic rings. The highest BCUT2D eigenvalue weighted by Crippen LogP contribution is 2.26. The zero-order valence-electron chi connectivity index (χ0n) is 14.7. The molecule has 3 aromatic rings. The van der Waals surface area contributed by atoms with E-state index in [0.717, 1.165) is 21.9 Å². The molecule has 2 aromatic carbocycles. The SMILES string of the molecule is NC(=O)[C@@H]1CC=CC[C@H]1NC(=O)c1ccc2cc(-c3ccoc3)ccc2c1. The first-order valence-corrected chi connectivity index (χ1v) is 8.93. The molecular weight excluding hydrogens is 340 g/mol. The van der Waals surface area contributed by atoms with E-state index in [1.807, 2.05) is 42.5 Å². The number of amides is 2. The van der Waals surface area contributed by atoms with Crippen LogP contribution in [0.1, 0.15) is 23.2 Å². The van der Waals surface area contributed by atoms with Crippen molar-refractivity contribution in [2.24, 2.45) is 11.7 Å². The molecule has 0 saturated carbocycles. The van der Waals surface area contributed by atoms with Crippen molar-refractivity contribution in [3.05, 3.63) is 72.7 Å². The maximum absolute atomic E-state index is 12.7. The van der Waals surface area contributed by atoms with Crippen LogP contribution in [-0.2, 0) is 4.79 Å². The van der Waals surface area contributed by atoms with Crippen molar-refractivity contribution < 1.29 is 14.0 Å². The summed E-state index contributed by atoms with van der Waals surface area (Å²) in [6, 6.07) is 13.3. The van der Waals surface area contributed by atoms with Gasteiger partial charge in [-0.2, -0.15) is 0 Å². The fourth-order valence-corrected chi connectivity index (χ4v) is 3.54. The van der Waals surface area contributed by atoms with E-state index in [9.17, 15) is 9.59 Å². The van der Waals surface area contributed by atoms with Crippen LogP contribution in [-0.4, -0.2) is 17.9 Å². The molecule has 3 N–H and O–H groups in total. The Morgan fingerprint density at radius 3 is 2.52 bits per heavy atom. The van der Waals surface area contributed by atoms with Crippen LogP contribution in [0.3, 0.4) is 0 Å². The topological polar surface area (TPSA) is 85.3 Å². The Morgan fingerprint density at radius 2 is 1.74 bits per heavy atom. The van der Waals surface area contributed by atoms with Gasteiger partial charge >= 0.3 is 0 Å². The number of nitrogens with two attached hydrogens (primary N) is 1. The first-order chi connectivity index (χ1) is 13.1. The van der Waals surface area contributed by atoms with Crippen LogP contribution in [0.15, 0.2) is 71.6 Å². The summed E-state index contributed by atoms with van der Waals surface area (Å²) in [5, 5.41) is 4.98. The maximum atomic E-state index is 12.7. The standard InChI is InChI=1S/C22H20N2O3/c23-21(25)19-3-1-2-4-20(19)24-22(26)17-8-7-14-11-16(6-5-15(14)12-17)18-9-10-27-13-18/h1-2,5-13,19-20H,3-4H2,(H2,23,25)(H,24,26)/t19-,20-/m1/s1. The van der Waals surface area contributed by atoms with Crippen LogP contribution >= 0.6 is 0 Å². The number of hydrogen-bond donors (Lipinski definition) is 2. The second-order valence-electron chi connectivity index (χ2n) is 6.82. The van der Waals surface area contributed by atoms with Gasteiger partial charge in [-0.25, -0.2) is 0 Å². The first-order valence-electron chi connectivity index (χ1n) is 8.93. The number of rotatable bonds is 4.